The van der Waals surface area contributed by atoms with Crippen LogP contribution in [0, 0.1) is 11.8 Å². The van der Waals surface area contributed by atoms with Crippen LogP contribution in [-0.4, -0.2) is 23.3 Å². The Balaban J connectivity index is 1.44. The molecule has 3 aromatic carbocycles. The number of rotatable bonds is 6. The SMILES string of the molecule is O=C(NCc1ccc(F)cc1)c1ccc(S(=O)(=O)n2cc(-c3cccnc3F)c3ccccc32)cc1. The van der Waals surface area contributed by atoms with Gasteiger partial charge in [0.25, 0.3) is 15.9 Å². The third-order valence-corrected chi connectivity index (χ3v) is 7.45. The predicted octanol–water partition coefficient (Wildman–Crippen LogP) is 5.15. The van der Waals surface area contributed by atoms with Crippen LogP contribution in [0.15, 0.2) is 102 Å². The summed E-state index contributed by atoms with van der Waals surface area (Å²) in [6.07, 6.45) is 2.70. The highest BCUT2D eigenvalue weighted by Gasteiger charge is 2.23. The summed E-state index contributed by atoms with van der Waals surface area (Å²) in [4.78, 5) is 16.1. The van der Waals surface area contributed by atoms with Crippen molar-refractivity contribution in [3.63, 3.8) is 0 Å². The summed E-state index contributed by atoms with van der Waals surface area (Å²) >= 11 is 0. The quantitative estimate of drug-likeness (QED) is 0.325. The molecule has 0 fully saturated rings. The van der Waals surface area contributed by atoms with Gasteiger partial charge in [-0.2, -0.15) is 4.39 Å². The summed E-state index contributed by atoms with van der Waals surface area (Å²) in [5.41, 5.74) is 1.97. The van der Waals surface area contributed by atoms with Crippen molar-refractivity contribution in [1.82, 2.24) is 14.3 Å². The van der Waals surface area contributed by atoms with Crippen LogP contribution in [0.25, 0.3) is 22.0 Å². The summed E-state index contributed by atoms with van der Waals surface area (Å²) in [6, 6.07) is 21.2. The average molecular weight is 504 g/mol. The standard InChI is InChI=1S/C27H19F2N3O3S/c28-20-11-7-18(8-12-20)16-31-27(33)19-9-13-21(14-10-19)36(34,35)32-17-24(22-4-1-2-6-25(22)32)23-5-3-15-30-26(23)29/h1-15,17H,16H2,(H,31,33). The molecular weight excluding hydrogens is 484 g/mol. The molecule has 36 heavy (non-hydrogen) atoms. The lowest BCUT2D eigenvalue weighted by molar-refractivity contribution is 0.0951. The van der Waals surface area contributed by atoms with E-state index in [4.69, 9.17) is 0 Å². The molecule has 0 spiro atoms. The van der Waals surface area contributed by atoms with Crippen LogP contribution in [-0.2, 0) is 16.6 Å². The maximum Gasteiger partial charge on any atom is 0.268 e. The van der Waals surface area contributed by atoms with E-state index in [1.807, 2.05) is 0 Å². The van der Waals surface area contributed by atoms with E-state index in [1.54, 1.807) is 48.5 Å². The van der Waals surface area contributed by atoms with Crippen molar-refractivity contribution in [2.24, 2.45) is 0 Å². The Hall–Kier alpha value is -4.37. The molecule has 0 atom stereocenters. The van der Waals surface area contributed by atoms with Crippen LogP contribution >= 0.6 is 0 Å². The fourth-order valence-corrected chi connectivity index (χ4v) is 5.30. The number of pyridine rings is 1. The molecule has 2 aromatic heterocycles. The fourth-order valence-electron chi connectivity index (χ4n) is 3.93. The van der Waals surface area contributed by atoms with Crippen LogP contribution in [0.4, 0.5) is 8.78 Å². The molecule has 0 unspecified atom stereocenters. The third-order valence-electron chi connectivity index (χ3n) is 5.77. The number of para-hydroxylation sites is 1. The zero-order valence-corrected chi connectivity index (χ0v) is 19.5. The summed E-state index contributed by atoms with van der Waals surface area (Å²) in [6.45, 7) is 0.197. The Morgan fingerprint density at radius 1 is 0.861 bits per heavy atom. The zero-order chi connectivity index (χ0) is 25.3. The van der Waals surface area contributed by atoms with E-state index in [1.165, 1.54) is 48.8 Å². The van der Waals surface area contributed by atoms with E-state index in [2.05, 4.69) is 10.3 Å². The smallest absolute Gasteiger partial charge is 0.268 e. The Labute approximate surface area is 205 Å². The maximum atomic E-state index is 14.4. The first kappa shape index (κ1) is 23.4. The number of nitrogens with zero attached hydrogens (tertiary/aromatic N) is 2. The van der Waals surface area contributed by atoms with Crippen LogP contribution in [0.5, 0.6) is 0 Å². The molecule has 0 aliphatic heterocycles. The van der Waals surface area contributed by atoms with Gasteiger partial charge in [0.05, 0.1) is 10.4 Å². The largest absolute Gasteiger partial charge is 0.348 e. The zero-order valence-electron chi connectivity index (χ0n) is 18.7. The highest BCUT2D eigenvalue weighted by atomic mass is 32.2. The van der Waals surface area contributed by atoms with Gasteiger partial charge < -0.3 is 5.32 Å². The van der Waals surface area contributed by atoms with Crippen LogP contribution < -0.4 is 5.32 Å². The van der Waals surface area contributed by atoms with Crippen molar-refractivity contribution in [3.05, 3.63) is 120 Å². The van der Waals surface area contributed by atoms with Gasteiger partial charge in [-0.1, -0.05) is 30.3 Å². The lowest BCUT2D eigenvalue weighted by Crippen LogP contribution is -2.22. The molecule has 1 N–H and O–H groups in total. The van der Waals surface area contributed by atoms with Gasteiger partial charge in [-0.15, -0.1) is 0 Å². The first-order chi connectivity index (χ1) is 17.3. The molecule has 9 heteroatoms. The summed E-state index contributed by atoms with van der Waals surface area (Å²) in [5.74, 6) is -1.46. The van der Waals surface area contributed by atoms with Crippen LogP contribution in [0.3, 0.4) is 0 Å². The lowest BCUT2D eigenvalue weighted by atomic mass is 10.1. The van der Waals surface area contributed by atoms with E-state index in [0.29, 0.717) is 16.5 Å². The minimum Gasteiger partial charge on any atom is -0.348 e. The van der Waals surface area contributed by atoms with Crippen molar-refractivity contribution in [2.75, 3.05) is 0 Å². The molecule has 0 radical (unpaired) electrons. The van der Waals surface area contributed by atoms with E-state index in [0.717, 1.165) is 9.54 Å². The number of carbonyl (C=O) groups is 1. The Morgan fingerprint density at radius 3 is 2.31 bits per heavy atom. The Morgan fingerprint density at radius 2 is 1.58 bits per heavy atom. The van der Waals surface area contributed by atoms with E-state index in [-0.39, 0.29) is 28.4 Å². The number of hydrogen-bond acceptors (Lipinski definition) is 4. The topological polar surface area (TPSA) is 81.1 Å². The predicted molar refractivity (Wildman–Crippen MR) is 132 cm³/mol. The van der Waals surface area contributed by atoms with Crippen LogP contribution in [0.1, 0.15) is 15.9 Å². The van der Waals surface area contributed by atoms with Gasteiger partial charge in [-0.25, -0.2) is 21.8 Å². The maximum absolute atomic E-state index is 14.4. The van der Waals surface area contributed by atoms with Crippen molar-refractivity contribution in [3.8, 4) is 11.1 Å². The van der Waals surface area contributed by atoms with Gasteiger partial charge >= 0.3 is 0 Å². The van der Waals surface area contributed by atoms with Crippen molar-refractivity contribution >= 4 is 26.8 Å². The van der Waals surface area contributed by atoms with Gasteiger partial charge in [-0.05, 0) is 60.2 Å². The van der Waals surface area contributed by atoms with Crippen molar-refractivity contribution in [1.29, 1.82) is 0 Å². The summed E-state index contributed by atoms with van der Waals surface area (Å²) < 4.78 is 55.6. The van der Waals surface area contributed by atoms with Crippen molar-refractivity contribution in [2.45, 2.75) is 11.4 Å². The van der Waals surface area contributed by atoms with Crippen molar-refractivity contribution < 1.29 is 22.0 Å². The Bertz CT molecular complexity index is 1680. The first-order valence-electron chi connectivity index (χ1n) is 10.9. The highest BCUT2D eigenvalue weighted by molar-refractivity contribution is 7.90. The second-order valence-corrected chi connectivity index (χ2v) is 9.85. The lowest BCUT2D eigenvalue weighted by Gasteiger charge is -2.09. The summed E-state index contributed by atoms with van der Waals surface area (Å²) in [5, 5.41) is 3.28. The molecule has 2 heterocycles. The number of carbonyl (C=O) groups excluding carboxylic acids is 1. The summed E-state index contributed by atoms with van der Waals surface area (Å²) in [7, 11) is -4.06. The van der Waals surface area contributed by atoms with Crippen LogP contribution in [0.2, 0.25) is 0 Å². The van der Waals surface area contributed by atoms with Gasteiger partial charge in [0.1, 0.15) is 5.82 Å². The number of nitrogens with one attached hydrogen (secondary N) is 1. The molecule has 5 rings (SSSR count). The molecular formula is C27H19F2N3O3S. The monoisotopic (exact) mass is 503 g/mol. The number of halogens is 2. The number of fused-ring (bicyclic) bond motifs is 1. The molecule has 180 valence electrons. The number of hydrogen-bond donors (Lipinski definition) is 1. The molecule has 6 nitrogen and oxygen atoms in total. The molecule has 0 aliphatic carbocycles. The fraction of sp³-hybridized carbons (Fsp3) is 0.0370. The molecule has 0 bridgehead atoms. The first-order valence-corrected chi connectivity index (χ1v) is 12.4. The molecule has 1 amide bonds. The molecule has 5 aromatic rings. The number of amides is 1. The minimum atomic E-state index is -4.06. The Kier molecular flexibility index (Phi) is 6.07. The van der Waals surface area contributed by atoms with E-state index >= 15 is 0 Å². The average Bonchev–Trinajstić information content (AvgIpc) is 3.29. The van der Waals surface area contributed by atoms with Gasteiger partial charge in [-0.3, -0.25) is 4.79 Å². The minimum absolute atomic E-state index is 0.0310. The molecule has 0 saturated heterocycles. The second-order valence-electron chi connectivity index (χ2n) is 8.04. The highest BCUT2D eigenvalue weighted by Crippen LogP contribution is 2.33. The van der Waals surface area contributed by atoms with Gasteiger partial charge in [0.15, 0.2) is 0 Å². The number of benzene rings is 3. The van der Waals surface area contributed by atoms with Gasteiger partial charge in [0.2, 0.25) is 5.95 Å². The van der Waals surface area contributed by atoms with E-state index < -0.39 is 21.9 Å². The third kappa shape index (κ3) is 4.36. The second kappa shape index (κ2) is 9.35. The normalized spacial score (nSPS) is 11.5. The number of aromatic nitrogens is 2. The van der Waals surface area contributed by atoms with Gasteiger partial charge in [0, 0.05) is 41.0 Å². The van der Waals surface area contributed by atoms with E-state index in [9.17, 15) is 22.0 Å². The molecule has 0 aliphatic rings. The molecule has 0 saturated carbocycles.